The van der Waals surface area contributed by atoms with Gasteiger partial charge in [-0.2, -0.15) is 0 Å². The lowest BCUT2D eigenvalue weighted by Crippen LogP contribution is -2.10. The van der Waals surface area contributed by atoms with Crippen LogP contribution >= 0.6 is 12.2 Å². The third-order valence-corrected chi connectivity index (χ3v) is 2.92. The Hall–Kier alpha value is -1.55. The number of benzene rings is 1. The van der Waals surface area contributed by atoms with Crippen LogP contribution in [0.4, 0.5) is 5.69 Å². The van der Waals surface area contributed by atoms with Gasteiger partial charge in [0.15, 0.2) is 4.77 Å². The highest BCUT2D eigenvalue weighted by Crippen LogP contribution is 2.21. The summed E-state index contributed by atoms with van der Waals surface area (Å²) in [6.45, 7) is 2.11. The zero-order chi connectivity index (χ0) is 11.7. The van der Waals surface area contributed by atoms with Gasteiger partial charge < -0.3 is 9.88 Å². The number of hydrogen-bond donors (Lipinski definition) is 1. The minimum atomic E-state index is 0.716. The molecule has 0 aliphatic carbocycles. The van der Waals surface area contributed by atoms with Crippen LogP contribution in [-0.2, 0) is 0 Å². The Balaban J connectivity index is 2.56. The minimum Gasteiger partial charge on any atom is -0.377 e. The number of rotatable bonds is 2. The first kappa shape index (κ1) is 11.0. The molecule has 0 fully saturated rings. The number of imidazole rings is 1. The molecule has 0 spiro atoms. The van der Waals surface area contributed by atoms with Crippen LogP contribution in [0.2, 0.25) is 0 Å². The monoisotopic (exact) mass is 233 g/mol. The highest BCUT2D eigenvalue weighted by atomic mass is 32.1. The van der Waals surface area contributed by atoms with E-state index >= 15 is 0 Å². The summed E-state index contributed by atoms with van der Waals surface area (Å²) in [4.78, 5) is 5.10. The molecular weight excluding hydrogens is 218 g/mol. The molecule has 2 rings (SSSR count). The summed E-state index contributed by atoms with van der Waals surface area (Å²) in [5.74, 6) is 0. The van der Waals surface area contributed by atoms with E-state index in [1.165, 1.54) is 11.3 Å². The number of nitrogens with one attached hydrogen (secondary N) is 1. The summed E-state index contributed by atoms with van der Waals surface area (Å²) in [5, 5.41) is 0. The van der Waals surface area contributed by atoms with Gasteiger partial charge in [-0.15, -0.1) is 0 Å². The first-order chi connectivity index (χ1) is 7.59. The quantitative estimate of drug-likeness (QED) is 0.806. The van der Waals surface area contributed by atoms with Crippen molar-refractivity contribution in [1.29, 1.82) is 0 Å². The molecule has 2 aromatic rings. The van der Waals surface area contributed by atoms with Gasteiger partial charge in [-0.3, -0.25) is 4.57 Å². The number of H-pyrrole nitrogens is 1. The molecule has 0 radical (unpaired) electrons. The molecule has 0 bridgehead atoms. The lowest BCUT2D eigenvalue weighted by atomic mass is 10.1. The Labute approximate surface area is 100 Å². The Morgan fingerprint density at radius 1 is 1.31 bits per heavy atom. The lowest BCUT2D eigenvalue weighted by molar-refractivity contribution is 1.02. The van der Waals surface area contributed by atoms with Gasteiger partial charge in [0.05, 0.1) is 0 Å². The van der Waals surface area contributed by atoms with E-state index in [9.17, 15) is 0 Å². The topological polar surface area (TPSA) is 24.0 Å². The molecule has 1 aromatic heterocycles. The van der Waals surface area contributed by atoms with Gasteiger partial charge in [0.1, 0.15) is 0 Å². The summed E-state index contributed by atoms with van der Waals surface area (Å²) in [5.41, 5.74) is 3.55. The van der Waals surface area contributed by atoms with Gasteiger partial charge in [-0.05, 0) is 36.8 Å². The van der Waals surface area contributed by atoms with Crippen molar-refractivity contribution in [1.82, 2.24) is 9.55 Å². The molecule has 0 aliphatic heterocycles. The molecule has 1 aromatic carbocycles. The van der Waals surface area contributed by atoms with Crippen molar-refractivity contribution in [3.63, 3.8) is 0 Å². The smallest absolute Gasteiger partial charge is 0.181 e. The Bertz CT molecular complexity index is 551. The fourth-order valence-electron chi connectivity index (χ4n) is 1.75. The molecule has 0 unspecified atom stereocenters. The maximum absolute atomic E-state index is 5.20. The van der Waals surface area contributed by atoms with E-state index in [4.69, 9.17) is 12.2 Å². The van der Waals surface area contributed by atoms with E-state index in [1.54, 1.807) is 0 Å². The summed E-state index contributed by atoms with van der Waals surface area (Å²) in [6.07, 6.45) is 3.78. The van der Waals surface area contributed by atoms with Gasteiger partial charge in [0.2, 0.25) is 0 Å². The molecule has 0 saturated heterocycles. The van der Waals surface area contributed by atoms with Crippen LogP contribution in [0.3, 0.4) is 0 Å². The van der Waals surface area contributed by atoms with Crippen molar-refractivity contribution < 1.29 is 0 Å². The third kappa shape index (κ3) is 1.88. The number of hydrogen-bond acceptors (Lipinski definition) is 2. The largest absolute Gasteiger partial charge is 0.377 e. The molecule has 1 N–H and O–H groups in total. The number of aromatic amines is 1. The standard InChI is InChI=1S/C12H15N3S/c1-9-4-5-10(8-11(9)14(2)3)15-7-6-13-12(15)16/h4-8H,1-3H3,(H,13,16). The molecule has 3 nitrogen and oxygen atoms in total. The molecule has 1 heterocycles. The van der Waals surface area contributed by atoms with Crippen LogP contribution in [-0.4, -0.2) is 23.6 Å². The zero-order valence-corrected chi connectivity index (χ0v) is 10.5. The highest BCUT2D eigenvalue weighted by molar-refractivity contribution is 7.71. The molecular formula is C12H15N3S. The summed E-state index contributed by atoms with van der Waals surface area (Å²) < 4.78 is 2.68. The Morgan fingerprint density at radius 3 is 2.62 bits per heavy atom. The van der Waals surface area contributed by atoms with Crippen molar-refractivity contribution >= 4 is 17.9 Å². The molecule has 16 heavy (non-hydrogen) atoms. The van der Waals surface area contributed by atoms with Crippen molar-refractivity contribution in [3.05, 3.63) is 40.9 Å². The molecule has 0 aliphatic rings. The highest BCUT2D eigenvalue weighted by Gasteiger charge is 2.04. The average molecular weight is 233 g/mol. The average Bonchev–Trinajstić information content (AvgIpc) is 2.65. The summed E-state index contributed by atoms with van der Waals surface area (Å²) in [6, 6.07) is 6.32. The second-order valence-electron chi connectivity index (χ2n) is 4.00. The van der Waals surface area contributed by atoms with E-state index in [2.05, 4.69) is 35.0 Å². The fraction of sp³-hybridized carbons (Fsp3) is 0.250. The third-order valence-electron chi connectivity index (χ3n) is 2.60. The van der Waals surface area contributed by atoms with Gasteiger partial charge in [-0.1, -0.05) is 6.07 Å². The molecule has 0 amide bonds. The predicted octanol–water partition coefficient (Wildman–Crippen LogP) is 2.91. The summed E-state index contributed by atoms with van der Waals surface area (Å²) in [7, 11) is 4.09. The van der Waals surface area contributed by atoms with Crippen LogP contribution in [0.5, 0.6) is 0 Å². The van der Waals surface area contributed by atoms with Crippen LogP contribution in [0, 0.1) is 11.7 Å². The summed E-state index contributed by atoms with van der Waals surface area (Å²) >= 11 is 5.20. The molecule has 84 valence electrons. The first-order valence-corrected chi connectivity index (χ1v) is 5.55. The Kier molecular flexibility index (Phi) is 2.83. The minimum absolute atomic E-state index is 0.716. The van der Waals surface area contributed by atoms with Crippen molar-refractivity contribution in [2.75, 3.05) is 19.0 Å². The van der Waals surface area contributed by atoms with Crippen LogP contribution < -0.4 is 4.90 Å². The number of nitrogens with zero attached hydrogens (tertiary/aromatic N) is 2. The van der Waals surface area contributed by atoms with Crippen molar-refractivity contribution in [2.24, 2.45) is 0 Å². The van der Waals surface area contributed by atoms with Crippen LogP contribution in [0.15, 0.2) is 30.6 Å². The molecule has 0 atom stereocenters. The van der Waals surface area contributed by atoms with E-state index in [0.29, 0.717) is 4.77 Å². The van der Waals surface area contributed by atoms with E-state index in [-0.39, 0.29) is 0 Å². The first-order valence-electron chi connectivity index (χ1n) is 5.14. The number of aromatic nitrogens is 2. The van der Waals surface area contributed by atoms with Gasteiger partial charge in [0.25, 0.3) is 0 Å². The van der Waals surface area contributed by atoms with Crippen LogP contribution in [0.1, 0.15) is 5.56 Å². The zero-order valence-electron chi connectivity index (χ0n) is 9.69. The van der Waals surface area contributed by atoms with E-state index < -0.39 is 0 Å². The van der Waals surface area contributed by atoms with Gasteiger partial charge >= 0.3 is 0 Å². The SMILES string of the molecule is Cc1ccc(-n2cc[nH]c2=S)cc1N(C)C. The maximum Gasteiger partial charge on any atom is 0.181 e. The van der Waals surface area contributed by atoms with E-state index in [0.717, 1.165) is 5.69 Å². The van der Waals surface area contributed by atoms with Gasteiger partial charge in [0, 0.05) is 37.9 Å². The lowest BCUT2D eigenvalue weighted by Gasteiger charge is -2.17. The van der Waals surface area contributed by atoms with Crippen molar-refractivity contribution in [2.45, 2.75) is 6.92 Å². The Morgan fingerprint density at radius 2 is 2.06 bits per heavy atom. The molecule has 4 heteroatoms. The predicted molar refractivity (Wildman–Crippen MR) is 70.0 cm³/mol. The molecule has 0 saturated carbocycles. The number of aryl methyl sites for hydroxylation is 1. The van der Waals surface area contributed by atoms with Crippen molar-refractivity contribution in [3.8, 4) is 5.69 Å². The fourth-order valence-corrected chi connectivity index (χ4v) is 1.99. The second kappa shape index (κ2) is 4.14. The van der Waals surface area contributed by atoms with Gasteiger partial charge in [-0.25, -0.2) is 0 Å². The maximum atomic E-state index is 5.20. The van der Waals surface area contributed by atoms with Crippen LogP contribution in [0.25, 0.3) is 5.69 Å². The second-order valence-corrected chi connectivity index (χ2v) is 4.39. The normalized spacial score (nSPS) is 10.4. The van der Waals surface area contributed by atoms with E-state index in [1.807, 2.05) is 31.1 Å². The number of anilines is 1.